The molecule has 0 N–H and O–H groups in total. The van der Waals surface area contributed by atoms with Gasteiger partial charge in [-0.15, -0.1) is 0 Å². The first kappa shape index (κ1) is 26.0. The third kappa shape index (κ3) is 4.06. The van der Waals surface area contributed by atoms with Crippen molar-refractivity contribution in [1.82, 2.24) is 0 Å². The van der Waals surface area contributed by atoms with Crippen LogP contribution in [0.1, 0.15) is 25.0 Å². The third-order valence-electron chi connectivity index (χ3n) is 10.0. The number of hydrogen-bond donors (Lipinski definition) is 0. The van der Waals surface area contributed by atoms with E-state index in [4.69, 9.17) is 0 Å². The van der Waals surface area contributed by atoms with Crippen LogP contribution in [0.4, 0.5) is 0 Å². The Morgan fingerprint density at radius 1 is 0.311 bits per heavy atom. The van der Waals surface area contributed by atoms with Crippen molar-refractivity contribution in [2.45, 2.75) is 19.3 Å². The monoisotopic (exact) mass is 572 g/mol. The summed E-state index contributed by atoms with van der Waals surface area (Å²) in [6, 6.07) is 58.5. The molecule has 0 spiro atoms. The first-order valence-electron chi connectivity index (χ1n) is 15.8. The zero-order chi connectivity index (χ0) is 30.1. The van der Waals surface area contributed by atoms with Crippen LogP contribution in [0, 0.1) is 0 Å². The van der Waals surface area contributed by atoms with E-state index in [0.29, 0.717) is 0 Å². The van der Waals surface area contributed by atoms with E-state index in [1.165, 1.54) is 88.0 Å². The van der Waals surface area contributed by atoms with Gasteiger partial charge in [-0.25, -0.2) is 0 Å². The largest absolute Gasteiger partial charge is 0.0622 e. The molecule has 0 saturated heterocycles. The first-order chi connectivity index (χ1) is 22.0. The molecule has 0 heteroatoms. The molecule has 45 heavy (non-hydrogen) atoms. The van der Waals surface area contributed by atoms with Gasteiger partial charge < -0.3 is 0 Å². The Morgan fingerprint density at radius 3 is 1.51 bits per heavy atom. The molecule has 0 atom stereocenters. The molecular formula is C45H32. The second-order valence-electron chi connectivity index (χ2n) is 13.0. The van der Waals surface area contributed by atoms with Crippen LogP contribution in [0.25, 0.3) is 76.8 Å². The molecule has 8 aromatic carbocycles. The second-order valence-corrected chi connectivity index (χ2v) is 13.0. The quantitative estimate of drug-likeness (QED) is 0.185. The number of hydrogen-bond acceptors (Lipinski definition) is 0. The van der Waals surface area contributed by atoms with Crippen molar-refractivity contribution in [2.75, 3.05) is 0 Å². The lowest BCUT2D eigenvalue weighted by Gasteiger charge is -2.22. The van der Waals surface area contributed by atoms with E-state index in [0.717, 1.165) is 0 Å². The summed E-state index contributed by atoms with van der Waals surface area (Å²) >= 11 is 0. The van der Waals surface area contributed by atoms with Crippen LogP contribution < -0.4 is 0 Å². The minimum Gasteiger partial charge on any atom is -0.0622 e. The maximum atomic E-state index is 2.45. The lowest BCUT2D eigenvalue weighted by Crippen LogP contribution is -2.14. The van der Waals surface area contributed by atoms with E-state index in [1.807, 2.05) is 0 Å². The van der Waals surface area contributed by atoms with Crippen LogP contribution in [-0.4, -0.2) is 0 Å². The minimum atomic E-state index is 0.000248. The van der Waals surface area contributed by atoms with E-state index >= 15 is 0 Å². The predicted octanol–water partition coefficient (Wildman–Crippen LogP) is 12.5. The fourth-order valence-corrected chi connectivity index (χ4v) is 7.63. The van der Waals surface area contributed by atoms with Crippen LogP contribution >= 0.6 is 0 Å². The SMILES string of the molecule is CC1(C)c2ccccc2-c2cc3c(ccc4c5cc(-c6cc(-c7ccccc7)cc(-c7ccccc7)c6)ccc5ccc34)cc21. The van der Waals surface area contributed by atoms with Gasteiger partial charge in [0.15, 0.2) is 0 Å². The molecule has 9 rings (SSSR count). The van der Waals surface area contributed by atoms with Gasteiger partial charge in [0, 0.05) is 5.41 Å². The molecule has 0 amide bonds. The smallest absolute Gasteiger partial charge is 0.0159 e. The first-order valence-corrected chi connectivity index (χ1v) is 15.8. The average Bonchev–Trinajstić information content (AvgIpc) is 3.32. The Morgan fingerprint density at radius 2 is 0.844 bits per heavy atom. The van der Waals surface area contributed by atoms with Gasteiger partial charge in [0.25, 0.3) is 0 Å². The van der Waals surface area contributed by atoms with E-state index in [2.05, 4.69) is 172 Å². The molecule has 0 heterocycles. The van der Waals surface area contributed by atoms with Crippen molar-refractivity contribution in [3.05, 3.63) is 169 Å². The number of rotatable bonds is 3. The van der Waals surface area contributed by atoms with Crippen molar-refractivity contribution < 1.29 is 0 Å². The molecule has 0 nitrogen and oxygen atoms in total. The summed E-state index contributed by atoms with van der Waals surface area (Å²) < 4.78 is 0. The van der Waals surface area contributed by atoms with Gasteiger partial charge in [-0.2, -0.15) is 0 Å². The van der Waals surface area contributed by atoms with Gasteiger partial charge in [0.1, 0.15) is 0 Å². The van der Waals surface area contributed by atoms with Crippen molar-refractivity contribution in [3.63, 3.8) is 0 Å². The van der Waals surface area contributed by atoms with Crippen LogP contribution in [-0.2, 0) is 5.41 Å². The van der Waals surface area contributed by atoms with E-state index in [-0.39, 0.29) is 5.41 Å². The molecular weight excluding hydrogens is 540 g/mol. The fourth-order valence-electron chi connectivity index (χ4n) is 7.63. The molecule has 1 aliphatic rings. The summed E-state index contributed by atoms with van der Waals surface area (Å²) in [5.41, 5.74) is 13.0. The molecule has 0 unspecified atom stereocenters. The van der Waals surface area contributed by atoms with Crippen LogP contribution in [0.2, 0.25) is 0 Å². The lowest BCUT2D eigenvalue weighted by molar-refractivity contribution is 0.661. The van der Waals surface area contributed by atoms with Crippen molar-refractivity contribution in [2.24, 2.45) is 0 Å². The summed E-state index contributed by atoms with van der Waals surface area (Å²) in [6.45, 7) is 4.71. The van der Waals surface area contributed by atoms with Gasteiger partial charge in [-0.05, 0) is 124 Å². The summed E-state index contributed by atoms with van der Waals surface area (Å²) in [4.78, 5) is 0. The van der Waals surface area contributed by atoms with Gasteiger partial charge in [0.2, 0.25) is 0 Å². The average molecular weight is 573 g/mol. The molecule has 8 aromatic rings. The zero-order valence-electron chi connectivity index (χ0n) is 25.5. The molecule has 212 valence electrons. The minimum absolute atomic E-state index is 0.000248. The second kappa shape index (κ2) is 9.78. The topological polar surface area (TPSA) is 0 Å². The Bertz CT molecular complexity index is 2370. The fraction of sp³-hybridized carbons (Fsp3) is 0.0667. The highest BCUT2D eigenvalue weighted by atomic mass is 14.4. The normalized spacial score (nSPS) is 13.3. The van der Waals surface area contributed by atoms with Crippen molar-refractivity contribution in [3.8, 4) is 44.5 Å². The van der Waals surface area contributed by atoms with Gasteiger partial charge in [-0.1, -0.05) is 135 Å². The predicted molar refractivity (Wildman–Crippen MR) is 193 cm³/mol. The molecule has 0 aromatic heterocycles. The Kier molecular flexibility index (Phi) is 5.64. The molecule has 0 fully saturated rings. The zero-order valence-corrected chi connectivity index (χ0v) is 25.5. The van der Waals surface area contributed by atoms with Crippen LogP contribution in [0.5, 0.6) is 0 Å². The summed E-state index contributed by atoms with van der Waals surface area (Å²) in [7, 11) is 0. The maximum Gasteiger partial charge on any atom is 0.0159 e. The number of fused-ring (bicyclic) bond motifs is 8. The molecule has 0 radical (unpaired) electrons. The molecule has 1 aliphatic carbocycles. The van der Waals surface area contributed by atoms with Gasteiger partial charge in [-0.3, -0.25) is 0 Å². The molecule has 0 bridgehead atoms. The number of benzene rings is 8. The summed E-state index contributed by atoms with van der Waals surface area (Å²) in [6.07, 6.45) is 0. The molecule has 0 aliphatic heterocycles. The van der Waals surface area contributed by atoms with E-state index < -0.39 is 0 Å². The lowest BCUT2D eigenvalue weighted by atomic mass is 9.81. The van der Waals surface area contributed by atoms with E-state index in [9.17, 15) is 0 Å². The highest BCUT2D eigenvalue weighted by molar-refractivity contribution is 6.18. The Hall–Kier alpha value is -5.46. The van der Waals surface area contributed by atoms with Crippen LogP contribution in [0.3, 0.4) is 0 Å². The third-order valence-corrected chi connectivity index (χ3v) is 10.0. The standard InChI is InChI=1S/C45H32/c1-45(2)43-16-10-9-15-39(43)42-28-41-33(27-44(42)45)20-22-37-38(41)21-19-31-17-18-32(26-40(31)37)36-24-34(29-11-5-3-6-12-29)23-35(25-36)30-13-7-4-8-14-30/h3-28H,1-2H3. The molecule has 0 saturated carbocycles. The van der Waals surface area contributed by atoms with Crippen molar-refractivity contribution in [1.29, 1.82) is 0 Å². The van der Waals surface area contributed by atoms with Crippen molar-refractivity contribution >= 4 is 32.3 Å². The summed E-state index contributed by atoms with van der Waals surface area (Å²) in [5.74, 6) is 0. The summed E-state index contributed by atoms with van der Waals surface area (Å²) in [5, 5.41) is 7.80. The van der Waals surface area contributed by atoms with E-state index in [1.54, 1.807) is 0 Å². The highest BCUT2D eigenvalue weighted by Crippen LogP contribution is 2.50. The maximum absolute atomic E-state index is 2.45. The van der Waals surface area contributed by atoms with Gasteiger partial charge in [0.05, 0.1) is 0 Å². The Labute approximate surface area is 264 Å². The Balaban J connectivity index is 1.25. The highest BCUT2D eigenvalue weighted by Gasteiger charge is 2.35. The van der Waals surface area contributed by atoms with Gasteiger partial charge >= 0.3 is 0 Å². The van der Waals surface area contributed by atoms with Crippen LogP contribution in [0.15, 0.2) is 158 Å².